The second kappa shape index (κ2) is 8.99. The van der Waals surface area contributed by atoms with E-state index in [1.807, 2.05) is 17.7 Å². The highest BCUT2D eigenvalue weighted by Gasteiger charge is 2.27. The van der Waals surface area contributed by atoms with Crippen LogP contribution in [0.5, 0.6) is 0 Å². The average molecular weight is 349 g/mol. The standard InChI is InChI=1S/C18H31N5O2/c1-5-13(2)23-17(6-9-20-23)21-18(25)14(3)22-10-7-16(8-11-22)12-19-15(4)24/h6,9,13-14,16H,5,7-8,10-12H2,1-4H3,(H,19,24)(H,21,25)/t13-,14+/m1/s1. The van der Waals surface area contributed by atoms with Crippen molar-refractivity contribution >= 4 is 17.6 Å². The van der Waals surface area contributed by atoms with Crippen molar-refractivity contribution in [3.05, 3.63) is 12.3 Å². The Morgan fingerprint density at radius 1 is 1.32 bits per heavy atom. The van der Waals surface area contributed by atoms with Crippen molar-refractivity contribution in [2.45, 2.75) is 59.0 Å². The molecule has 0 aliphatic carbocycles. The van der Waals surface area contributed by atoms with Crippen molar-refractivity contribution in [2.75, 3.05) is 25.0 Å². The molecule has 1 fully saturated rings. The van der Waals surface area contributed by atoms with E-state index in [0.29, 0.717) is 5.92 Å². The summed E-state index contributed by atoms with van der Waals surface area (Å²) < 4.78 is 1.87. The van der Waals surface area contributed by atoms with Crippen LogP contribution in [0.15, 0.2) is 12.3 Å². The van der Waals surface area contributed by atoms with Gasteiger partial charge in [0.05, 0.1) is 18.3 Å². The number of hydrogen-bond acceptors (Lipinski definition) is 4. The third kappa shape index (κ3) is 5.29. The minimum atomic E-state index is -0.179. The number of carbonyl (C=O) groups is 2. The van der Waals surface area contributed by atoms with Gasteiger partial charge in [-0.25, -0.2) is 4.68 Å². The second-order valence-corrected chi connectivity index (χ2v) is 7.00. The fourth-order valence-corrected chi connectivity index (χ4v) is 3.17. The van der Waals surface area contributed by atoms with Crippen molar-refractivity contribution in [2.24, 2.45) is 5.92 Å². The van der Waals surface area contributed by atoms with Gasteiger partial charge >= 0.3 is 0 Å². The first-order valence-electron chi connectivity index (χ1n) is 9.25. The summed E-state index contributed by atoms with van der Waals surface area (Å²) in [5.41, 5.74) is 0. The molecule has 7 nitrogen and oxygen atoms in total. The zero-order valence-corrected chi connectivity index (χ0v) is 15.8. The summed E-state index contributed by atoms with van der Waals surface area (Å²) in [5.74, 6) is 1.28. The van der Waals surface area contributed by atoms with Gasteiger partial charge in [0.1, 0.15) is 5.82 Å². The summed E-state index contributed by atoms with van der Waals surface area (Å²) in [7, 11) is 0. The summed E-state index contributed by atoms with van der Waals surface area (Å²) in [6, 6.07) is 1.92. The average Bonchev–Trinajstić information content (AvgIpc) is 3.07. The summed E-state index contributed by atoms with van der Waals surface area (Å²) in [4.78, 5) is 25.8. The van der Waals surface area contributed by atoms with Crippen molar-refractivity contribution in [1.29, 1.82) is 0 Å². The zero-order chi connectivity index (χ0) is 18.4. The number of hydrogen-bond donors (Lipinski definition) is 2. The summed E-state index contributed by atoms with van der Waals surface area (Å²) >= 11 is 0. The van der Waals surface area contributed by atoms with E-state index in [0.717, 1.165) is 44.7 Å². The summed E-state index contributed by atoms with van der Waals surface area (Å²) in [6.07, 6.45) is 4.69. The monoisotopic (exact) mass is 349 g/mol. The second-order valence-electron chi connectivity index (χ2n) is 7.00. The Labute approximate surface area is 150 Å². The lowest BCUT2D eigenvalue weighted by atomic mass is 9.95. The molecule has 1 aliphatic rings. The van der Waals surface area contributed by atoms with Crippen LogP contribution < -0.4 is 10.6 Å². The molecule has 0 unspecified atom stereocenters. The molecular formula is C18H31N5O2. The normalized spacial score (nSPS) is 18.6. The smallest absolute Gasteiger partial charge is 0.242 e. The largest absolute Gasteiger partial charge is 0.356 e. The molecule has 1 aromatic rings. The molecule has 1 aliphatic heterocycles. The number of nitrogens with zero attached hydrogens (tertiary/aromatic N) is 3. The highest BCUT2D eigenvalue weighted by atomic mass is 16.2. The maximum Gasteiger partial charge on any atom is 0.242 e. The molecule has 2 N–H and O–H groups in total. The number of rotatable bonds is 7. The fraction of sp³-hybridized carbons (Fsp3) is 0.722. The number of piperidine rings is 1. The van der Waals surface area contributed by atoms with E-state index in [1.54, 1.807) is 13.1 Å². The first-order valence-corrected chi connectivity index (χ1v) is 9.25. The lowest BCUT2D eigenvalue weighted by molar-refractivity contribution is -0.121. The Balaban J connectivity index is 1.85. The molecule has 2 heterocycles. The van der Waals surface area contributed by atoms with E-state index in [1.165, 1.54) is 0 Å². The molecule has 0 spiro atoms. The van der Waals surface area contributed by atoms with E-state index in [-0.39, 0.29) is 23.9 Å². The van der Waals surface area contributed by atoms with Crippen LogP contribution in [0.25, 0.3) is 0 Å². The number of carbonyl (C=O) groups excluding carboxylic acids is 2. The molecule has 140 valence electrons. The zero-order valence-electron chi connectivity index (χ0n) is 15.8. The highest BCUT2D eigenvalue weighted by Crippen LogP contribution is 2.20. The van der Waals surface area contributed by atoms with Gasteiger partial charge in [-0.15, -0.1) is 0 Å². The van der Waals surface area contributed by atoms with Crippen LogP contribution in [-0.2, 0) is 9.59 Å². The lowest BCUT2D eigenvalue weighted by Gasteiger charge is -2.35. The topological polar surface area (TPSA) is 79.3 Å². The first kappa shape index (κ1) is 19.4. The van der Waals surface area contributed by atoms with Gasteiger partial charge in [0, 0.05) is 19.5 Å². The minimum absolute atomic E-state index is 0.00497. The predicted molar refractivity (Wildman–Crippen MR) is 98.3 cm³/mol. The SMILES string of the molecule is CC[C@@H](C)n1nccc1NC(=O)[C@H](C)N1CCC(CNC(C)=O)CC1. The third-order valence-corrected chi connectivity index (χ3v) is 5.15. The molecule has 25 heavy (non-hydrogen) atoms. The molecule has 0 saturated carbocycles. The molecular weight excluding hydrogens is 318 g/mol. The van der Waals surface area contributed by atoms with Crippen LogP contribution in [0, 0.1) is 5.92 Å². The van der Waals surface area contributed by atoms with E-state index in [9.17, 15) is 9.59 Å². The van der Waals surface area contributed by atoms with Crippen LogP contribution >= 0.6 is 0 Å². The molecule has 1 saturated heterocycles. The van der Waals surface area contributed by atoms with Gasteiger partial charge < -0.3 is 10.6 Å². The van der Waals surface area contributed by atoms with Gasteiger partial charge in [0.2, 0.25) is 11.8 Å². The van der Waals surface area contributed by atoms with Gasteiger partial charge in [-0.05, 0) is 52.1 Å². The van der Waals surface area contributed by atoms with Gasteiger partial charge in [0.25, 0.3) is 0 Å². The van der Waals surface area contributed by atoms with Crippen LogP contribution in [0.1, 0.15) is 53.0 Å². The minimum Gasteiger partial charge on any atom is -0.356 e. The van der Waals surface area contributed by atoms with Crippen molar-refractivity contribution in [1.82, 2.24) is 20.0 Å². The number of nitrogens with one attached hydrogen (secondary N) is 2. The summed E-state index contributed by atoms with van der Waals surface area (Å²) in [5, 5.41) is 10.2. The van der Waals surface area contributed by atoms with Crippen molar-refractivity contribution < 1.29 is 9.59 Å². The third-order valence-electron chi connectivity index (χ3n) is 5.15. The number of amides is 2. The molecule has 1 aromatic heterocycles. The Morgan fingerprint density at radius 2 is 2.00 bits per heavy atom. The molecule has 0 radical (unpaired) electrons. The number of likely N-dealkylation sites (tertiary alicyclic amines) is 1. The Hall–Kier alpha value is -1.89. The fourth-order valence-electron chi connectivity index (χ4n) is 3.17. The van der Waals surface area contributed by atoms with E-state index in [4.69, 9.17) is 0 Å². The van der Waals surface area contributed by atoms with E-state index >= 15 is 0 Å². The highest BCUT2D eigenvalue weighted by molar-refractivity contribution is 5.93. The molecule has 0 aromatic carbocycles. The van der Waals surface area contributed by atoms with Crippen LogP contribution in [0.3, 0.4) is 0 Å². The summed E-state index contributed by atoms with van der Waals surface area (Å²) in [6.45, 7) is 10.2. The molecule has 2 atom stereocenters. The maximum atomic E-state index is 12.6. The first-order chi connectivity index (χ1) is 11.9. The van der Waals surface area contributed by atoms with E-state index < -0.39 is 0 Å². The Morgan fingerprint density at radius 3 is 2.60 bits per heavy atom. The molecule has 7 heteroatoms. The lowest BCUT2D eigenvalue weighted by Crippen LogP contribution is -2.47. The molecule has 0 bridgehead atoms. The van der Waals surface area contributed by atoms with Crippen molar-refractivity contribution in [3.63, 3.8) is 0 Å². The Bertz CT molecular complexity index is 578. The quantitative estimate of drug-likeness (QED) is 0.789. The van der Waals surface area contributed by atoms with Crippen LogP contribution in [-0.4, -0.2) is 52.2 Å². The molecule has 2 amide bonds. The van der Waals surface area contributed by atoms with Crippen LogP contribution in [0.4, 0.5) is 5.82 Å². The van der Waals surface area contributed by atoms with E-state index in [2.05, 4.69) is 34.5 Å². The maximum absolute atomic E-state index is 12.6. The van der Waals surface area contributed by atoms with Gasteiger partial charge in [-0.2, -0.15) is 5.10 Å². The van der Waals surface area contributed by atoms with Gasteiger partial charge in [-0.3, -0.25) is 14.5 Å². The van der Waals surface area contributed by atoms with Gasteiger partial charge in [0.15, 0.2) is 0 Å². The van der Waals surface area contributed by atoms with Crippen LogP contribution in [0.2, 0.25) is 0 Å². The predicted octanol–water partition coefficient (Wildman–Crippen LogP) is 2.03. The molecule has 2 rings (SSSR count). The van der Waals surface area contributed by atoms with Gasteiger partial charge in [-0.1, -0.05) is 6.92 Å². The van der Waals surface area contributed by atoms with Crippen molar-refractivity contribution in [3.8, 4) is 0 Å². The number of aromatic nitrogens is 2. The number of anilines is 1. The Kier molecular flexibility index (Phi) is 6.99.